The number of anilines is 1. The Balaban J connectivity index is 3.02. The van der Waals surface area contributed by atoms with Crippen LogP contribution in [0.25, 0.3) is 0 Å². The van der Waals surface area contributed by atoms with Crippen LogP contribution in [0.2, 0.25) is 0 Å². The van der Waals surface area contributed by atoms with Gasteiger partial charge in [0.25, 0.3) is 5.91 Å². The van der Waals surface area contributed by atoms with Gasteiger partial charge in [-0.15, -0.1) is 0 Å². The molecule has 1 aromatic rings. The minimum Gasteiger partial charge on any atom is -0.504 e. The molecule has 3 amide bonds. The normalized spacial score (nSPS) is 11.1. The Hall–Kier alpha value is -1.82. The van der Waals surface area contributed by atoms with Gasteiger partial charge in [-0.05, 0) is 34.7 Å². The van der Waals surface area contributed by atoms with Gasteiger partial charge >= 0.3 is 6.03 Å². The highest BCUT2D eigenvalue weighted by Gasteiger charge is 2.19. The van der Waals surface area contributed by atoms with Crippen molar-refractivity contribution in [3.05, 3.63) is 28.0 Å². The van der Waals surface area contributed by atoms with E-state index < -0.39 is 21.8 Å². The van der Waals surface area contributed by atoms with E-state index in [0.29, 0.717) is 3.57 Å². The van der Waals surface area contributed by atoms with Crippen molar-refractivity contribution in [3.8, 4) is 5.75 Å². The third-order valence-corrected chi connectivity index (χ3v) is 4.37. The molecule has 10 heteroatoms. The predicted octanol–water partition coefficient (Wildman–Crippen LogP) is 1.51. The summed E-state index contributed by atoms with van der Waals surface area (Å²) < 4.78 is 33.7. The number of amides is 3. The van der Waals surface area contributed by atoms with Crippen LogP contribution in [0.15, 0.2) is 29.4 Å². The van der Waals surface area contributed by atoms with Crippen molar-refractivity contribution in [2.45, 2.75) is 4.90 Å². The molecular formula is C13H15IN2O6S. The minimum atomic E-state index is -3.56. The molecule has 23 heavy (non-hydrogen) atoms. The number of rotatable bonds is 5. The fourth-order valence-electron chi connectivity index (χ4n) is 1.56. The van der Waals surface area contributed by atoms with Gasteiger partial charge in [-0.2, -0.15) is 0 Å². The van der Waals surface area contributed by atoms with Gasteiger partial charge in [0.15, 0.2) is 15.6 Å². The zero-order valence-corrected chi connectivity index (χ0v) is 15.5. The molecule has 0 saturated carbocycles. The number of halogens is 1. The number of nitrogens with one attached hydrogen (secondary N) is 2. The Morgan fingerprint density at radius 2 is 1.91 bits per heavy atom. The van der Waals surface area contributed by atoms with Gasteiger partial charge in [-0.25, -0.2) is 13.2 Å². The lowest BCUT2D eigenvalue weighted by molar-refractivity contribution is -0.115. The van der Waals surface area contributed by atoms with Crippen molar-refractivity contribution in [3.63, 3.8) is 0 Å². The molecule has 0 atom stereocenters. The number of benzene rings is 1. The zero-order valence-electron chi connectivity index (χ0n) is 12.5. The van der Waals surface area contributed by atoms with Gasteiger partial charge in [0.05, 0.1) is 24.1 Å². The quantitative estimate of drug-likeness (QED) is 0.397. The summed E-state index contributed by atoms with van der Waals surface area (Å²) in [5, 5.41) is 4.41. The Kier molecular flexibility index (Phi) is 6.81. The van der Waals surface area contributed by atoms with E-state index in [1.807, 2.05) is 27.9 Å². The third kappa shape index (κ3) is 5.71. The van der Waals surface area contributed by atoms with E-state index in [9.17, 15) is 18.0 Å². The number of hydrogen-bond donors (Lipinski definition) is 2. The fourth-order valence-corrected chi connectivity index (χ4v) is 3.46. The first-order chi connectivity index (χ1) is 10.7. The van der Waals surface area contributed by atoms with Gasteiger partial charge in [-0.1, -0.05) is 0 Å². The minimum absolute atomic E-state index is 0.0622. The molecule has 1 aromatic carbocycles. The number of ether oxygens (including phenoxy) is 2. The molecule has 0 aliphatic carbocycles. The standard InChI is InChI=1S/C13H15IN2O6S/c1-21-5-4-11(17)16-13(18)15-8-6-9(14)12(22-2)10(7-8)23(3,19)20/h4-7H,1-3H3,(H2,15,16,17,18). The summed E-state index contributed by atoms with van der Waals surface area (Å²) >= 11 is 1.89. The highest BCUT2D eigenvalue weighted by Crippen LogP contribution is 2.32. The summed E-state index contributed by atoms with van der Waals surface area (Å²) in [6, 6.07) is 1.96. The van der Waals surface area contributed by atoms with Crippen molar-refractivity contribution in [2.24, 2.45) is 0 Å². The van der Waals surface area contributed by atoms with Crippen LogP contribution in [0, 0.1) is 3.57 Å². The number of sulfone groups is 1. The maximum Gasteiger partial charge on any atom is 0.326 e. The first-order valence-corrected chi connectivity index (χ1v) is 9.05. The second-order valence-corrected chi connectivity index (χ2v) is 7.39. The maximum atomic E-state index is 11.8. The molecule has 0 bridgehead atoms. The summed E-state index contributed by atoms with van der Waals surface area (Å²) in [4.78, 5) is 23.0. The van der Waals surface area contributed by atoms with Gasteiger partial charge in [-0.3, -0.25) is 10.1 Å². The largest absolute Gasteiger partial charge is 0.504 e. The van der Waals surface area contributed by atoms with Crippen LogP contribution in [0.3, 0.4) is 0 Å². The molecule has 0 aliphatic heterocycles. The predicted molar refractivity (Wildman–Crippen MR) is 92.1 cm³/mol. The maximum absolute atomic E-state index is 11.8. The van der Waals surface area contributed by atoms with Crippen molar-refractivity contribution >= 4 is 50.1 Å². The van der Waals surface area contributed by atoms with E-state index in [0.717, 1.165) is 18.6 Å². The SMILES string of the molecule is COC=CC(=O)NC(=O)Nc1cc(I)c(OC)c(S(C)(=O)=O)c1. The van der Waals surface area contributed by atoms with Gasteiger partial charge in [0, 0.05) is 18.0 Å². The van der Waals surface area contributed by atoms with Crippen molar-refractivity contribution in [2.75, 3.05) is 25.8 Å². The summed E-state index contributed by atoms with van der Waals surface area (Å²) in [5.41, 5.74) is 0.205. The third-order valence-electron chi connectivity index (χ3n) is 2.46. The Labute approximate surface area is 147 Å². The molecule has 1 rings (SSSR count). The molecule has 0 aliphatic rings. The average molecular weight is 454 g/mol. The van der Waals surface area contributed by atoms with Crippen molar-refractivity contribution < 1.29 is 27.5 Å². The molecule has 2 N–H and O–H groups in total. The molecule has 0 spiro atoms. The van der Waals surface area contributed by atoms with E-state index >= 15 is 0 Å². The zero-order chi connectivity index (χ0) is 17.6. The molecule has 8 nitrogen and oxygen atoms in total. The number of hydrogen-bond acceptors (Lipinski definition) is 6. The van der Waals surface area contributed by atoms with Crippen LogP contribution in [-0.4, -0.2) is 40.8 Å². The van der Waals surface area contributed by atoms with E-state index in [1.165, 1.54) is 26.4 Å². The first-order valence-electron chi connectivity index (χ1n) is 6.08. The lowest BCUT2D eigenvalue weighted by atomic mass is 10.3. The molecule has 0 unspecified atom stereocenters. The van der Waals surface area contributed by atoms with E-state index in [1.54, 1.807) is 0 Å². The van der Waals surface area contributed by atoms with Crippen LogP contribution in [0.4, 0.5) is 10.5 Å². The van der Waals surface area contributed by atoms with Crippen LogP contribution in [0.5, 0.6) is 5.75 Å². The van der Waals surface area contributed by atoms with E-state index in [-0.39, 0.29) is 16.3 Å². The van der Waals surface area contributed by atoms with Gasteiger partial charge in [0.1, 0.15) is 4.90 Å². The smallest absolute Gasteiger partial charge is 0.326 e. The van der Waals surface area contributed by atoms with Gasteiger partial charge < -0.3 is 14.8 Å². The molecular weight excluding hydrogens is 439 g/mol. The second-order valence-electron chi connectivity index (χ2n) is 4.24. The summed E-state index contributed by atoms with van der Waals surface area (Å²) in [7, 11) is -0.847. The van der Waals surface area contributed by atoms with Crippen LogP contribution < -0.4 is 15.4 Å². The Morgan fingerprint density at radius 3 is 2.43 bits per heavy atom. The van der Waals surface area contributed by atoms with E-state index in [4.69, 9.17) is 4.74 Å². The number of imide groups is 1. The van der Waals surface area contributed by atoms with Crippen LogP contribution in [0.1, 0.15) is 0 Å². The number of urea groups is 1. The highest BCUT2D eigenvalue weighted by atomic mass is 127. The molecule has 0 aromatic heterocycles. The summed E-state index contributed by atoms with van der Waals surface area (Å²) in [6.07, 6.45) is 3.17. The summed E-state index contributed by atoms with van der Waals surface area (Å²) in [5.74, 6) is -0.492. The number of methoxy groups -OCH3 is 2. The highest BCUT2D eigenvalue weighted by molar-refractivity contribution is 14.1. The molecule has 0 saturated heterocycles. The second kappa shape index (κ2) is 8.15. The molecule has 0 radical (unpaired) electrons. The number of carbonyl (C=O) groups excluding carboxylic acids is 2. The lowest BCUT2D eigenvalue weighted by Crippen LogP contribution is -2.33. The first kappa shape index (κ1) is 19.2. The molecule has 0 heterocycles. The van der Waals surface area contributed by atoms with Gasteiger partial charge in [0.2, 0.25) is 0 Å². The van der Waals surface area contributed by atoms with Crippen LogP contribution in [-0.2, 0) is 19.4 Å². The Bertz CT molecular complexity index is 745. The monoisotopic (exact) mass is 454 g/mol. The van der Waals surface area contributed by atoms with Crippen molar-refractivity contribution in [1.29, 1.82) is 0 Å². The molecule has 126 valence electrons. The van der Waals surface area contributed by atoms with Crippen molar-refractivity contribution in [1.82, 2.24) is 5.32 Å². The Morgan fingerprint density at radius 1 is 1.26 bits per heavy atom. The van der Waals surface area contributed by atoms with Crippen LogP contribution >= 0.6 is 22.6 Å². The summed E-state index contributed by atoms with van der Waals surface area (Å²) in [6.45, 7) is 0. The average Bonchev–Trinajstić information content (AvgIpc) is 2.43. The lowest BCUT2D eigenvalue weighted by Gasteiger charge is -2.12. The fraction of sp³-hybridized carbons (Fsp3) is 0.231. The van der Waals surface area contributed by atoms with E-state index in [2.05, 4.69) is 10.1 Å². The number of carbonyl (C=O) groups is 2. The topological polar surface area (TPSA) is 111 Å². The molecule has 0 fully saturated rings.